The highest BCUT2D eigenvalue weighted by Gasteiger charge is 1.99. The van der Waals surface area contributed by atoms with Crippen LogP contribution in [0.15, 0.2) is 24.3 Å². The number of phenolic OH excluding ortho intramolecular Hbond substituents is 1. The maximum absolute atomic E-state index is 9.03. The molecule has 0 bridgehead atoms. The van der Waals surface area contributed by atoms with Crippen LogP contribution >= 0.6 is 0 Å². The lowest BCUT2D eigenvalue weighted by Gasteiger charge is -2.09. The van der Waals surface area contributed by atoms with Gasteiger partial charge in [0.05, 0.1) is 0 Å². The highest BCUT2D eigenvalue weighted by atomic mass is 16.3. The van der Waals surface area contributed by atoms with Crippen LogP contribution in [0.4, 0.5) is 0 Å². The van der Waals surface area contributed by atoms with E-state index < -0.39 is 0 Å². The first-order chi connectivity index (χ1) is 5.72. The van der Waals surface area contributed by atoms with Crippen LogP contribution < -0.4 is 5.32 Å². The van der Waals surface area contributed by atoms with E-state index in [1.165, 1.54) is 5.56 Å². The first-order valence-electron chi connectivity index (χ1n) is 4.17. The second-order valence-electron chi connectivity index (χ2n) is 3.06. The minimum atomic E-state index is 0.330. The van der Waals surface area contributed by atoms with Crippen molar-refractivity contribution in [3.63, 3.8) is 0 Å². The summed E-state index contributed by atoms with van der Waals surface area (Å²) in [5.41, 5.74) is 1.25. The number of hydrogen-bond acceptors (Lipinski definition) is 2. The Hall–Kier alpha value is -1.02. The van der Waals surface area contributed by atoms with Crippen molar-refractivity contribution >= 4 is 0 Å². The van der Waals surface area contributed by atoms with Gasteiger partial charge < -0.3 is 10.4 Å². The zero-order chi connectivity index (χ0) is 8.97. The molecule has 2 nitrogen and oxygen atoms in total. The van der Waals surface area contributed by atoms with E-state index in [1.807, 2.05) is 19.2 Å². The summed E-state index contributed by atoms with van der Waals surface area (Å²) in [7, 11) is 1.95. The number of likely N-dealkylation sites (N-methyl/N-ethyl adjacent to an activating group) is 1. The summed E-state index contributed by atoms with van der Waals surface area (Å²) in [6.07, 6.45) is 0.997. The van der Waals surface area contributed by atoms with Gasteiger partial charge >= 0.3 is 0 Å². The zero-order valence-electron chi connectivity index (χ0n) is 7.54. The third kappa shape index (κ3) is 2.55. The molecule has 0 amide bonds. The molecule has 12 heavy (non-hydrogen) atoms. The van der Waals surface area contributed by atoms with E-state index >= 15 is 0 Å². The summed E-state index contributed by atoms with van der Waals surface area (Å²) in [6, 6.07) is 7.82. The second-order valence-corrected chi connectivity index (χ2v) is 3.06. The van der Waals surface area contributed by atoms with Crippen molar-refractivity contribution in [2.45, 2.75) is 19.4 Å². The molecule has 0 aliphatic carbocycles. The van der Waals surface area contributed by atoms with E-state index in [2.05, 4.69) is 12.2 Å². The highest BCUT2D eigenvalue weighted by Crippen LogP contribution is 2.10. The number of aromatic hydroxyl groups is 1. The normalized spacial score (nSPS) is 12.8. The molecule has 1 atom stereocenters. The van der Waals surface area contributed by atoms with E-state index in [4.69, 9.17) is 5.11 Å². The maximum Gasteiger partial charge on any atom is 0.115 e. The Kier molecular flexibility index (Phi) is 3.11. The molecular weight excluding hydrogens is 150 g/mol. The van der Waals surface area contributed by atoms with E-state index in [-0.39, 0.29) is 0 Å². The standard InChI is InChI=1S/C10H15NO/c1-8(11-2)7-9-3-5-10(12)6-4-9/h3-6,8,11-12H,7H2,1-2H3. The topological polar surface area (TPSA) is 32.3 Å². The molecule has 0 radical (unpaired) electrons. The van der Waals surface area contributed by atoms with Gasteiger partial charge in [0, 0.05) is 6.04 Å². The molecule has 0 aliphatic rings. The predicted octanol–water partition coefficient (Wildman–Crippen LogP) is 1.54. The average Bonchev–Trinajstić information content (AvgIpc) is 2.09. The smallest absolute Gasteiger partial charge is 0.115 e. The molecule has 66 valence electrons. The van der Waals surface area contributed by atoms with Crippen LogP contribution in [0.5, 0.6) is 5.75 Å². The lowest BCUT2D eigenvalue weighted by molar-refractivity contribution is 0.475. The summed E-state index contributed by atoms with van der Waals surface area (Å²) in [6.45, 7) is 2.13. The monoisotopic (exact) mass is 165 g/mol. The molecule has 0 aromatic heterocycles. The minimum absolute atomic E-state index is 0.330. The van der Waals surface area contributed by atoms with Gasteiger partial charge in [-0.05, 0) is 38.1 Å². The summed E-state index contributed by atoms with van der Waals surface area (Å²) in [5.74, 6) is 0.330. The Morgan fingerprint density at radius 2 is 1.92 bits per heavy atom. The van der Waals surface area contributed by atoms with Crippen molar-refractivity contribution < 1.29 is 5.11 Å². The van der Waals surface area contributed by atoms with E-state index in [0.29, 0.717) is 11.8 Å². The number of rotatable bonds is 3. The third-order valence-electron chi connectivity index (χ3n) is 1.97. The average molecular weight is 165 g/mol. The lowest BCUT2D eigenvalue weighted by Crippen LogP contribution is -2.23. The molecule has 1 rings (SSSR count). The Balaban J connectivity index is 2.58. The van der Waals surface area contributed by atoms with Gasteiger partial charge in [0.1, 0.15) is 5.75 Å². The Labute approximate surface area is 73.2 Å². The summed E-state index contributed by atoms with van der Waals surface area (Å²) in [4.78, 5) is 0. The number of nitrogens with one attached hydrogen (secondary N) is 1. The van der Waals surface area contributed by atoms with Gasteiger partial charge in [-0.15, -0.1) is 0 Å². The van der Waals surface area contributed by atoms with Crippen LogP contribution in [0.3, 0.4) is 0 Å². The van der Waals surface area contributed by atoms with Crippen molar-refractivity contribution in [3.05, 3.63) is 29.8 Å². The van der Waals surface area contributed by atoms with Crippen molar-refractivity contribution in [2.75, 3.05) is 7.05 Å². The van der Waals surface area contributed by atoms with Crippen LogP contribution in [0, 0.1) is 0 Å². The van der Waals surface area contributed by atoms with Gasteiger partial charge in [-0.1, -0.05) is 12.1 Å². The fourth-order valence-corrected chi connectivity index (χ4v) is 1.09. The van der Waals surface area contributed by atoms with Gasteiger partial charge in [-0.2, -0.15) is 0 Å². The van der Waals surface area contributed by atoms with Crippen molar-refractivity contribution in [2.24, 2.45) is 0 Å². The van der Waals surface area contributed by atoms with Crippen molar-refractivity contribution in [3.8, 4) is 5.75 Å². The largest absolute Gasteiger partial charge is 0.508 e. The third-order valence-corrected chi connectivity index (χ3v) is 1.97. The van der Waals surface area contributed by atoms with Crippen LogP contribution in [-0.2, 0) is 6.42 Å². The maximum atomic E-state index is 9.03. The van der Waals surface area contributed by atoms with E-state index in [0.717, 1.165) is 6.42 Å². The van der Waals surface area contributed by atoms with Crippen LogP contribution in [0.25, 0.3) is 0 Å². The predicted molar refractivity (Wildman–Crippen MR) is 50.3 cm³/mol. The first-order valence-corrected chi connectivity index (χ1v) is 4.17. The minimum Gasteiger partial charge on any atom is -0.508 e. The van der Waals surface area contributed by atoms with Gasteiger partial charge in [-0.3, -0.25) is 0 Å². The molecule has 0 spiro atoms. The van der Waals surface area contributed by atoms with Gasteiger partial charge in [0.25, 0.3) is 0 Å². The lowest BCUT2D eigenvalue weighted by atomic mass is 10.1. The molecule has 0 saturated carbocycles. The fraction of sp³-hybridized carbons (Fsp3) is 0.400. The number of benzene rings is 1. The van der Waals surface area contributed by atoms with Crippen molar-refractivity contribution in [1.29, 1.82) is 0 Å². The van der Waals surface area contributed by atoms with Crippen LogP contribution in [-0.4, -0.2) is 18.2 Å². The zero-order valence-corrected chi connectivity index (χ0v) is 7.54. The molecule has 1 aromatic rings. The first kappa shape index (κ1) is 9.07. The van der Waals surface area contributed by atoms with Gasteiger partial charge in [0.2, 0.25) is 0 Å². The Morgan fingerprint density at radius 1 is 1.33 bits per heavy atom. The quantitative estimate of drug-likeness (QED) is 0.712. The molecule has 0 saturated heterocycles. The molecular formula is C10H15NO. The Bertz CT molecular complexity index is 230. The Morgan fingerprint density at radius 3 is 2.42 bits per heavy atom. The summed E-state index contributed by atoms with van der Waals surface area (Å²) < 4.78 is 0. The SMILES string of the molecule is CNC(C)Cc1ccc(O)cc1. The second kappa shape index (κ2) is 4.12. The molecule has 1 aromatic carbocycles. The van der Waals surface area contributed by atoms with Gasteiger partial charge in [0.15, 0.2) is 0 Å². The van der Waals surface area contributed by atoms with Crippen LogP contribution in [0.2, 0.25) is 0 Å². The van der Waals surface area contributed by atoms with Crippen LogP contribution in [0.1, 0.15) is 12.5 Å². The number of hydrogen-bond donors (Lipinski definition) is 2. The van der Waals surface area contributed by atoms with Gasteiger partial charge in [-0.25, -0.2) is 0 Å². The van der Waals surface area contributed by atoms with Crippen molar-refractivity contribution in [1.82, 2.24) is 5.32 Å². The van der Waals surface area contributed by atoms with E-state index in [9.17, 15) is 0 Å². The fourth-order valence-electron chi connectivity index (χ4n) is 1.09. The molecule has 2 N–H and O–H groups in total. The highest BCUT2D eigenvalue weighted by molar-refractivity contribution is 5.26. The number of phenols is 1. The molecule has 0 fully saturated rings. The summed E-state index contributed by atoms with van der Waals surface area (Å²) >= 11 is 0. The molecule has 0 heterocycles. The van der Waals surface area contributed by atoms with E-state index in [1.54, 1.807) is 12.1 Å². The molecule has 1 unspecified atom stereocenters. The molecule has 2 heteroatoms. The summed E-state index contributed by atoms with van der Waals surface area (Å²) in [5, 5.41) is 12.2. The molecule has 0 aliphatic heterocycles.